The van der Waals surface area contributed by atoms with Crippen LogP contribution in [0.5, 0.6) is 5.75 Å². The minimum atomic E-state index is -0.177. The van der Waals surface area contributed by atoms with Gasteiger partial charge in [0, 0.05) is 4.88 Å². The van der Waals surface area contributed by atoms with E-state index < -0.39 is 0 Å². The van der Waals surface area contributed by atoms with Gasteiger partial charge >= 0.3 is 0 Å². The molecular formula is C14H16N2O2S. The monoisotopic (exact) mass is 276 g/mol. The van der Waals surface area contributed by atoms with Crippen molar-refractivity contribution >= 4 is 22.9 Å². The van der Waals surface area contributed by atoms with Gasteiger partial charge in [0.15, 0.2) is 5.75 Å². The maximum atomic E-state index is 12.1. The van der Waals surface area contributed by atoms with Gasteiger partial charge < -0.3 is 15.8 Å². The lowest BCUT2D eigenvalue weighted by molar-refractivity contribution is 0.0947. The van der Waals surface area contributed by atoms with Crippen LogP contribution in [0.2, 0.25) is 0 Å². The SMILES string of the molecule is CCOc1c(N)cccc1C(=O)NCc1cccs1. The summed E-state index contributed by atoms with van der Waals surface area (Å²) >= 11 is 1.61. The quantitative estimate of drug-likeness (QED) is 0.825. The van der Waals surface area contributed by atoms with E-state index in [4.69, 9.17) is 10.5 Å². The fourth-order valence-corrected chi connectivity index (χ4v) is 2.36. The van der Waals surface area contributed by atoms with Crippen LogP contribution in [-0.2, 0) is 6.54 Å². The maximum Gasteiger partial charge on any atom is 0.255 e. The first kappa shape index (κ1) is 13.4. The highest BCUT2D eigenvalue weighted by Crippen LogP contribution is 2.26. The molecule has 0 saturated carbocycles. The topological polar surface area (TPSA) is 64.3 Å². The average Bonchev–Trinajstić information content (AvgIpc) is 2.92. The molecule has 100 valence electrons. The van der Waals surface area contributed by atoms with E-state index >= 15 is 0 Å². The van der Waals surface area contributed by atoms with E-state index in [1.54, 1.807) is 29.5 Å². The van der Waals surface area contributed by atoms with Crippen molar-refractivity contribution in [3.05, 3.63) is 46.2 Å². The van der Waals surface area contributed by atoms with Crippen molar-refractivity contribution in [2.75, 3.05) is 12.3 Å². The maximum absolute atomic E-state index is 12.1. The molecule has 1 aromatic heterocycles. The Balaban J connectivity index is 2.12. The highest BCUT2D eigenvalue weighted by Gasteiger charge is 2.14. The van der Waals surface area contributed by atoms with Gasteiger partial charge in [-0.2, -0.15) is 0 Å². The lowest BCUT2D eigenvalue weighted by atomic mass is 10.1. The van der Waals surface area contributed by atoms with Crippen LogP contribution in [-0.4, -0.2) is 12.5 Å². The molecule has 19 heavy (non-hydrogen) atoms. The summed E-state index contributed by atoms with van der Waals surface area (Å²) in [5.74, 6) is 0.276. The predicted molar refractivity (Wildman–Crippen MR) is 77.5 cm³/mol. The number of benzene rings is 1. The molecule has 1 heterocycles. The second-order valence-corrected chi connectivity index (χ2v) is 4.95. The number of hydrogen-bond acceptors (Lipinski definition) is 4. The van der Waals surface area contributed by atoms with Crippen LogP contribution in [0.15, 0.2) is 35.7 Å². The van der Waals surface area contributed by atoms with Crippen molar-refractivity contribution in [2.45, 2.75) is 13.5 Å². The summed E-state index contributed by atoms with van der Waals surface area (Å²) in [7, 11) is 0. The highest BCUT2D eigenvalue weighted by molar-refractivity contribution is 7.09. The zero-order valence-corrected chi connectivity index (χ0v) is 11.5. The summed E-state index contributed by atoms with van der Waals surface area (Å²) in [5, 5.41) is 4.84. The summed E-state index contributed by atoms with van der Waals surface area (Å²) in [4.78, 5) is 13.3. The second-order valence-electron chi connectivity index (χ2n) is 3.92. The second kappa shape index (κ2) is 6.24. The Kier molecular flexibility index (Phi) is 4.41. The predicted octanol–water partition coefficient (Wildman–Crippen LogP) is 2.66. The third-order valence-electron chi connectivity index (χ3n) is 2.58. The van der Waals surface area contributed by atoms with Crippen LogP contribution in [0.4, 0.5) is 5.69 Å². The molecule has 1 amide bonds. The number of nitrogens with one attached hydrogen (secondary N) is 1. The van der Waals surface area contributed by atoms with Gasteiger partial charge in [-0.15, -0.1) is 11.3 Å². The van der Waals surface area contributed by atoms with Crippen LogP contribution < -0.4 is 15.8 Å². The van der Waals surface area contributed by atoms with Gasteiger partial charge in [0.05, 0.1) is 24.4 Å². The number of carbonyl (C=O) groups is 1. The Morgan fingerprint density at radius 2 is 2.21 bits per heavy atom. The number of nitrogen functional groups attached to an aromatic ring is 1. The van der Waals surface area contributed by atoms with Crippen molar-refractivity contribution in [3.8, 4) is 5.75 Å². The molecule has 0 radical (unpaired) electrons. The van der Waals surface area contributed by atoms with Crippen LogP contribution in [0.3, 0.4) is 0 Å². The number of carbonyl (C=O) groups excluding carboxylic acids is 1. The van der Waals surface area contributed by atoms with Gasteiger partial charge in [-0.05, 0) is 30.5 Å². The molecule has 0 spiro atoms. The normalized spacial score (nSPS) is 10.2. The fourth-order valence-electron chi connectivity index (χ4n) is 1.71. The zero-order valence-electron chi connectivity index (χ0n) is 10.7. The Morgan fingerprint density at radius 3 is 2.89 bits per heavy atom. The first-order valence-corrected chi connectivity index (χ1v) is 6.92. The van der Waals surface area contributed by atoms with Crippen LogP contribution in [0.1, 0.15) is 22.2 Å². The molecule has 5 heteroatoms. The molecular weight excluding hydrogens is 260 g/mol. The molecule has 0 unspecified atom stereocenters. The first-order chi connectivity index (χ1) is 9.22. The molecule has 2 aromatic rings. The summed E-state index contributed by atoms with van der Waals surface area (Å²) in [6, 6.07) is 9.12. The average molecular weight is 276 g/mol. The van der Waals surface area contributed by atoms with E-state index in [9.17, 15) is 4.79 Å². The summed E-state index contributed by atoms with van der Waals surface area (Å²) in [6.45, 7) is 2.84. The molecule has 0 atom stereocenters. The van der Waals surface area contributed by atoms with Gasteiger partial charge in [0.2, 0.25) is 0 Å². The Labute approximate surface area is 116 Å². The number of thiophene rings is 1. The van der Waals surface area contributed by atoms with Crippen molar-refractivity contribution in [3.63, 3.8) is 0 Å². The molecule has 0 bridgehead atoms. The molecule has 0 aliphatic heterocycles. The number of ether oxygens (including phenoxy) is 1. The lowest BCUT2D eigenvalue weighted by Gasteiger charge is -2.12. The van der Waals surface area contributed by atoms with Crippen LogP contribution in [0, 0.1) is 0 Å². The fraction of sp³-hybridized carbons (Fsp3) is 0.214. The summed E-state index contributed by atoms with van der Waals surface area (Å²) in [5.41, 5.74) is 6.78. The molecule has 1 aromatic carbocycles. The molecule has 4 nitrogen and oxygen atoms in total. The number of rotatable bonds is 5. The molecule has 0 aliphatic carbocycles. The van der Waals surface area contributed by atoms with Gasteiger partial charge in [-0.1, -0.05) is 12.1 Å². The third kappa shape index (κ3) is 3.26. The van der Waals surface area contributed by atoms with Crippen LogP contribution >= 0.6 is 11.3 Å². The number of amides is 1. The first-order valence-electron chi connectivity index (χ1n) is 6.04. The highest BCUT2D eigenvalue weighted by atomic mass is 32.1. The number of anilines is 1. The van der Waals surface area contributed by atoms with E-state index in [-0.39, 0.29) is 5.91 Å². The van der Waals surface area contributed by atoms with Crippen LogP contribution in [0.25, 0.3) is 0 Å². The van der Waals surface area contributed by atoms with E-state index in [1.165, 1.54) is 0 Å². The molecule has 3 N–H and O–H groups in total. The van der Waals surface area contributed by atoms with Crippen molar-refractivity contribution in [1.29, 1.82) is 0 Å². The molecule has 2 rings (SSSR count). The van der Waals surface area contributed by atoms with Crippen molar-refractivity contribution in [1.82, 2.24) is 5.32 Å². The van der Waals surface area contributed by atoms with Gasteiger partial charge in [-0.25, -0.2) is 0 Å². The minimum Gasteiger partial charge on any atom is -0.491 e. The zero-order chi connectivity index (χ0) is 13.7. The molecule has 0 aliphatic rings. The lowest BCUT2D eigenvalue weighted by Crippen LogP contribution is -2.23. The number of nitrogens with two attached hydrogens (primary N) is 1. The van der Waals surface area contributed by atoms with Gasteiger partial charge in [-0.3, -0.25) is 4.79 Å². The van der Waals surface area contributed by atoms with Gasteiger partial charge in [0.25, 0.3) is 5.91 Å². The van der Waals surface area contributed by atoms with Crippen molar-refractivity contribution in [2.24, 2.45) is 0 Å². The minimum absolute atomic E-state index is 0.177. The molecule has 0 fully saturated rings. The molecule has 0 saturated heterocycles. The number of para-hydroxylation sites is 1. The summed E-state index contributed by atoms with van der Waals surface area (Å²) in [6.07, 6.45) is 0. The van der Waals surface area contributed by atoms with E-state index in [2.05, 4.69) is 5.32 Å². The van der Waals surface area contributed by atoms with E-state index in [1.807, 2.05) is 24.4 Å². The largest absolute Gasteiger partial charge is 0.491 e. The standard InChI is InChI=1S/C14H16N2O2S/c1-2-18-13-11(6-3-7-12(13)15)14(17)16-9-10-5-4-8-19-10/h3-8H,2,9,15H2,1H3,(H,16,17). The Morgan fingerprint density at radius 1 is 1.37 bits per heavy atom. The number of hydrogen-bond donors (Lipinski definition) is 2. The Hall–Kier alpha value is -2.01. The Bertz CT molecular complexity index is 553. The van der Waals surface area contributed by atoms with Crippen molar-refractivity contribution < 1.29 is 9.53 Å². The van der Waals surface area contributed by atoms with E-state index in [0.717, 1.165) is 4.88 Å². The summed E-state index contributed by atoms with van der Waals surface area (Å²) < 4.78 is 5.44. The smallest absolute Gasteiger partial charge is 0.255 e. The van der Waals surface area contributed by atoms with Gasteiger partial charge in [0.1, 0.15) is 0 Å². The van der Waals surface area contributed by atoms with E-state index in [0.29, 0.717) is 30.2 Å². The third-order valence-corrected chi connectivity index (χ3v) is 3.46.